The maximum atomic E-state index is 11.6. The molecule has 0 unspecified atom stereocenters. The summed E-state index contributed by atoms with van der Waals surface area (Å²) < 4.78 is 11.0. The molecule has 8 heteroatoms. The lowest BCUT2D eigenvalue weighted by Gasteiger charge is -2.17. The normalized spacial score (nSPS) is 14.2. The van der Waals surface area contributed by atoms with E-state index >= 15 is 0 Å². The van der Waals surface area contributed by atoms with Gasteiger partial charge in [-0.15, -0.1) is 24.0 Å². The largest absolute Gasteiger partial charge is 0.493 e. The SMILES string of the molecule is CCNC(=O)COc1ccc(CN=C(NCC)NC2CCCC2)cc1OC.I. The molecule has 0 atom stereocenters. The van der Waals surface area contributed by atoms with Crippen molar-refractivity contribution in [3.63, 3.8) is 0 Å². The summed E-state index contributed by atoms with van der Waals surface area (Å²) in [6.45, 7) is 5.85. The quantitative estimate of drug-likeness (QED) is 0.274. The van der Waals surface area contributed by atoms with Crippen molar-refractivity contribution in [2.75, 3.05) is 26.8 Å². The van der Waals surface area contributed by atoms with Crippen LogP contribution < -0.4 is 25.4 Å². The number of nitrogens with zero attached hydrogens (tertiary/aromatic N) is 1. The van der Waals surface area contributed by atoms with Gasteiger partial charge in [0, 0.05) is 19.1 Å². The Labute approximate surface area is 185 Å². The Morgan fingerprint density at radius 2 is 1.86 bits per heavy atom. The number of guanidine groups is 1. The lowest BCUT2D eigenvalue weighted by atomic mass is 10.2. The topological polar surface area (TPSA) is 84.0 Å². The molecule has 7 nitrogen and oxygen atoms in total. The number of benzene rings is 1. The van der Waals surface area contributed by atoms with E-state index in [-0.39, 0.29) is 36.5 Å². The Morgan fingerprint density at radius 1 is 1.14 bits per heavy atom. The van der Waals surface area contributed by atoms with Gasteiger partial charge < -0.3 is 25.4 Å². The van der Waals surface area contributed by atoms with Gasteiger partial charge >= 0.3 is 0 Å². The number of hydrogen-bond donors (Lipinski definition) is 3. The summed E-state index contributed by atoms with van der Waals surface area (Å²) in [5, 5.41) is 9.52. The number of nitrogens with one attached hydrogen (secondary N) is 3. The molecule has 1 amide bonds. The zero-order valence-corrected chi connectivity index (χ0v) is 19.4. The maximum Gasteiger partial charge on any atom is 0.257 e. The number of carbonyl (C=O) groups is 1. The van der Waals surface area contributed by atoms with Gasteiger partial charge in [0.1, 0.15) is 0 Å². The van der Waals surface area contributed by atoms with Gasteiger partial charge in [-0.25, -0.2) is 4.99 Å². The van der Waals surface area contributed by atoms with Crippen molar-refractivity contribution in [2.45, 2.75) is 52.1 Å². The minimum absolute atomic E-state index is 0. The number of methoxy groups -OCH3 is 1. The average Bonchev–Trinajstić information content (AvgIpc) is 3.18. The van der Waals surface area contributed by atoms with Crippen LogP contribution in [0.25, 0.3) is 0 Å². The Bertz CT molecular complexity index is 634. The molecule has 0 heterocycles. The van der Waals surface area contributed by atoms with E-state index in [1.807, 2.05) is 25.1 Å². The monoisotopic (exact) mass is 504 g/mol. The maximum absolute atomic E-state index is 11.6. The van der Waals surface area contributed by atoms with E-state index in [9.17, 15) is 4.79 Å². The molecule has 1 aromatic rings. The number of aliphatic imine (C=N–C) groups is 1. The van der Waals surface area contributed by atoms with E-state index in [2.05, 4.69) is 27.9 Å². The molecule has 1 aromatic carbocycles. The molecule has 0 aromatic heterocycles. The van der Waals surface area contributed by atoms with Crippen LogP contribution in [-0.2, 0) is 11.3 Å². The van der Waals surface area contributed by atoms with Crippen molar-refractivity contribution in [2.24, 2.45) is 4.99 Å². The Balaban J connectivity index is 0.00000392. The highest BCUT2D eigenvalue weighted by molar-refractivity contribution is 14.0. The summed E-state index contributed by atoms with van der Waals surface area (Å²) >= 11 is 0. The molecule has 2 rings (SSSR count). The number of rotatable bonds is 9. The second kappa shape index (κ2) is 13.5. The lowest BCUT2D eigenvalue weighted by molar-refractivity contribution is -0.123. The average molecular weight is 504 g/mol. The molecule has 28 heavy (non-hydrogen) atoms. The van der Waals surface area contributed by atoms with Crippen LogP contribution in [0.2, 0.25) is 0 Å². The fourth-order valence-corrected chi connectivity index (χ4v) is 3.07. The van der Waals surface area contributed by atoms with E-state index in [0.29, 0.717) is 30.6 Å². The number of carbonyl (C=O) groups excluding carboxylic acids is 1. The first-order valence-electron chi connectivity index (χ1n) is 9.77. The van der Waals surface area contributed by atoms with Crippen LogP contribution in [0.3, 0.4) is 0 Å². The molecule has 0 bridgehead atoms. The van der Waals surface area contributed by atoms with Gasteiger partial charge in [0.25, 0.3) is 5.91 Å². The predicted molar refractivity (Wildman–Crippen MR) is 123 cm³/mol. The highest BCUT2D eigenvalue weighted by Crippen LogP contribution is 2.28. The first-order chi connectivity index (χ1) is 13.2. The standard InChI is InChI=1S/C20H32N4O3.HI/c1-4-21-19(25)14-27-17-11-10-15(12-18(17)26-3)13-23-20(22-5-2)24-16-8-6-7-9-16;/h10-12,16H,4-9,13-14H2,1-3H3,(H,21,25)(H2,22,23,24);1H. The van der Waals surface area contributed by atoms with E-state index < -0.39 is 0 Å². The second-order valence-electron chi connectivity index (χ2n) is 6.55. The first-order valence-corrected chi connectivity index (χ1v) is 9.77. The Hall–Kier alpha value is -1.71. The van der Waals surface area contributed by atoms with Gasteiger partial charge in [0.05, 0.1) is 13.7 Å². The highest BCUT2D eigenvalue weighted by atomic mass is 127. The third kappa shape index (κ3) is 8.12. The number of amides is 1. The van der Waals surface area contributed by atoms with Crippen LogP contribution in [0.1, 0.15) is 45.1 Å². The number of likely N-dealkylation sites (N-methyl/N-ethyl adjacent to an activating group) is 1. The molecule has 0 saturated heterocycles. The molecular formula is C20H33IN4O3. The van der Waals surface area contributed by atoms with Gasteiger partial charge in [-0.1, -0.05) is 18.9 Å². The minimum atomic E-state index is -0.151. The summed E-state index contributed by atoms with van der Waals surface area (Å²) in [5.74, 6) is 1.84. The zero-order valence-electron chi connectivity index (χ0n) is 17.0. The Kier molecular flexibility index (Phi) is 11.7. The predicted octanol–water partition coefficient (Wildman–Crippen LogP) is 2.83. The third-order valence-corrected chi connectivity index (χ3v) is 4.42. The molecular weight excluding hydrogens is 471 g/mol. The fourth-order valence-electron chi connectivity index (χ4n) is 3.07. The minimum Gasteiger partial charge on any atom is -0.493 e. The van der Waals surface area contributed by atoms with Gasteiger partial charge in [-0.05, 0) is 44.4 Å². The highest BCUT2D eigenvalue weighted by Gasteiger charge is 2.16. The van der Waals surface area contributed by atoms with Gasteiger partial charge in [-0.2, -0.15) is 0 Å². The van der Waals surface area contributed by atoms with Crippen LogP contribution in [-0.4, -0.2) is 44.7 Å². The first kappa shape index (κ1) is 24.3. The summed E-state index contributed by atoms with van der Waals surface area (Å²) in [7, 11) is 1.59. The molecule has 1 saturated carbocycles. The third-order valence-electron chi connectivity index (χ3n) is 4.42. The van der Waals surface area contributed by atoms with Crippen molar-refractivity contribution in [1.82, 2.24) is 16.0 Å². The van der Waals surface area contributed by atoms with Crippen molar-refractivity contribution in [3.8, 4) is 11.5 Å². The van der Waals surface area contributed by atoms with E-state index in [1.165, 1.54) is 25.7 Å². The molecule has 1 aliphatic carbocycles. The number of halogens is 1. The van der Waals surface area contributed by atoms with Crippen LogP contribution in [0.15, 0.2) is 23.2 Å². The lowest BCUT2D eigenvalue weighted by Crippen LogP contribution is -2.42. The van der Waals surface area contributed by atoms with Gasteiger partial charge in [0.2, 0.25) is 0 Å². The van der Waals surface area contributed by atoms with Crippen molar-refractivity contribution >= 4 is 35.8 Å². The molecule has 1 fully saturated rings. The van der Waals surface area contributed by atoms with Gasteiger partial charge in [-0.3, -0.25) is 4.79 Å². The Morgan fingerprint density at radius 3 is 2.50 bits per heavy atom. The zero-order chi connectivity index (χ0) is 19.5. The molecule has 0 aliphatic heterocycles. The van der Waals surface area contributed by atoms with Crippen LogP contribution in [0.5, 0.6) is 11.5 Å². The van der Waals surface area contributed by atoms with Crippen LogP contribution in [0.4, 0.5) is 0 Å². The van der Waals surface area contributed by atoms with E-state index in [1.54, 1.807) is 7.11 Å². The fraction of sp³-hybridized carbons (Fsp3) is 0.600. The van der Waals surface area contributed by atoms with Gasteiger partial charge in [0.15, 0.2) is 24.1 Å². The van der Waals surface area contributed by atoms with Crippen molar-refractivity contribution in [3.05, 3.63) is 23.8 Å². The molecule has 3 N–H and O–H groups in total. The van der Waals surface area contributed by atoms with E-state index in [0.717, 1.165) is 18.1 Å². The second-order valence-corrected chi connectivity index (χ2v) is 6.55. The molecule has 0 spiro atoms. The smallest absolute Gasteiger partial charge is 0.257 e. The van der Waals surface area contributed by atoms with Crippen molar-refractivity contribution < 1.29 is 14.3 Å². The number of hydrogen-bond acceptors (Lipinski definition) is 4. The van der Waals surface area contributed by atoms with Crippen LogP contribution in [0, 0.1) is 0 Å². The van der Waals surface area contributed by atoms with E-state index in [4.69, 9.17) is 9.47 Å². The molecule has 158 valence electrons. The molecule has 1 aliphatic rings. The molecule has 0 radical (unpaired) electrons. The summed E-state index contributed by atoms with van der Waals surface area (Å²) in [6, 6.07) is 6.18. The summed E-state index contributed by atoms with van der Waals surface area (Å²) in [6.07, 6.45) is 4.98. The van der Waals surface area contributed by atoms with Crippen molar-refractivity contribution in [1.29, 1.82) is 0 Å². The summed E-state index contributed by atoms with van der Waals surface area (Å²) in [5.41, 5.74) is 1.01. The summed E-state index contributed by atoms with van der Waals surface area (Å²) in [4.78, 5) is 16.2. The van der Waals surface area contributed by atoms with Crippen LogP contribution >= 0.6 is 24.0 Å². The number of ether oxygens (including phenoxy) is 2.